The van der Waals surface area contributed by atoms with E-state index in [-0.39, 0.29) is 5.91 Å². The Morgan fingerprint density at radius 2 is 1.86 bits per heavy atom. The smallest absolute Gasteiger partial charge is 0.269 e. The molecule has 0 aliphatic carbocycles. The number of aromatic nitrogens is 5. The minimum absolute atomic E-state index is 0.219. The molecule has 3 aromatic heterocycles. The molecule has 0 radical (unpaired) electrons. The third kappa shape index (κ3) is 4.48. The largest absolute Gasteiger partial charge is 0.353 e. The maximum Gasteiger partial charge on any atom is 0.269 e. The fourth-order valence-corrected chi connectivity index (χ4v) is 3.80. The van der Waals surface area contributed by atoms with E-state index in [9.17, 15) is 4.79 Å². The summed E-state index contributed by atoms with van der Waals surface area (Å²) in [5.41, 5.74) is 1.29. The lowest BCUT2D eigenvalue weighted by Gasteiger charge is -2.35. The standard InChI is InChI=1S/C19H22N8OS/c1-2-5-15-17(29-25-24-15)18(28)23-14-12-21-19(22-13-14)27-10-8-26(9-11-27)16-6-3-4-7-20-16/h3-4,6-7,12-13H,2,5,8-11H2,1H3,(H,23,28). The van der Waals surface area contributed by atoms with E-state index in [4.69, 9.17) is 0 Å². The molecule has 10 heteroatoms. The fourth-order valence-electron chi connectivity index (χ4n) is 3.19. The molecule has 1 aliphatic rings. The lowest BCUT2D eigenvalue weighted by atomic mass is 10.2. The van der Waals surface area contributed by atoms with Gasteiger partial charge in [0.15, 0.2) is 0 Å². The molecule has 1 N–H and O–H groups in total. The average molecular weight is 411 g/mol. The third-order valence-electron chi connectivity index (χ3n) is 4.68. The molecule has 0 spiro atoms. The first-order chi connectivity index (χ1) is 14.2. The van der Waals surface area contributed by atoms with Crippen molar-refractivity contribution < 1.29 is 4.79 Å². The molecule has 0 atom stereocenters. The first-order valence-corrected chi connectivity index (χ1v) is 10.4. The van der Waals surface area contributed by atoms with Crippen molar-refractivity contribution in [3.8, 4) is 0 Å². The predicted molar refractivity (Wildman–Crippen MR) is 113 cm³/mol. The third-order valence-corrected chi connectivity index (χ3v) is 5.45. The van der Waals surface area contributed by atoms with E-state index < -0.39 is 0 Å². The number of amides is 1. The second kappa shape index (κ2) is 8.91. The molecule has 0 saturated carbocycles. The highest BCUT2D eigenvalue weighted by molar-refractivity contribution is 7.08. The highest BCUT2D eigenvalue weighted by Crippen LogP contribution is 2.18. The van der Waals surface area contributed by atoms with Crippen LogP contribution in [0.3, 0.4) is 0 Å². The van der Waals surface area contributed by atoms with Gasteiger partial charge in [0.2, 0.25) is 5.95 Å². The molecule has 1 fully saturated rings. The van der Waals surface area contributed by atoms with Crippen LogP contribution >= 0.6 is 11.5 Å². The van der Waals surface area contributed by atoms with E-state index in [0.29, 0.717) is 16.5 Å². The van der Waals surface area contributed by atoms with Crippen molar-refractivity contribution in [1.29, 1.82) is 0 Å². The monoisotopic (exact) mass is 410 g/mol. The van der Waals surface area contributed by atoms with Crippen molar-refractivity contribution in [2.45, 2.75) is 19.8 Å². The van der Waals surface area contributed by atoms with Crippen molar-refractivity contribution in [3.05, 3.63) is 47.4 Å². The quantitative estimate of drug-likeness (QED) is 0.660. The van der Waals surface area contributed by atoms with Gasteiger partial charge in [-0.15, -0.1) is 5.10 Å². The van der Waals surface area contributed by atoms with Crippen LogP contribution in [0.5, 0.6) is 0 Å². The van der Waals surface area contributed by atoms with Gasteiger partial charge in [-0.1, -0.05) is 23.9 Å². The van der Waals surface area contributed by atoms with Gasteiger partial charge < -0.3 is 15.1 Å². The lowest BCUT2D eigenvalue weighted by molar-refractivity contribution is 0.102. The number of aryl methyl sites for hydroxylation is 1. The summed E-state index contributed by atoms with van der Waals surface area (Å²) < 4.78 is 3.89. The molecule has 0 aromatic carbocycles. The van der Waals surface area contributed by atoms with Crippen molar-refractivity contribution in [2.24, 2.45) is 0 Å². The van der Waals surface area contributed by atoms with Gasteiger partial charge in [-0.05, 0) is 30.1 Å². The topological polar surface area (TPSA) is 100 Å². The molecule has 150 valence electrons. The van der Waals surface area contributed by atoms with Crippen molar-refractivity contribution in [1.82, 2.24) is 24.5 Å². The van der Waals surface area contributed by atoms with Gasteiger partial charge in [0.05, 0.1) is 23.8 Å². The Bertz CT molecular complexity index is 938. The number of nitrogens with one attached hydrogen (secondary N) is 1. The van der Waals surface area contributed by atoms with Crippen LogP contribution in [0, 0.1) is 0 Å². The van der Waals surface area contributed by atoms with Crippen LogP contribution in [0.15, 0.2) is 36.8 Å². The summed E-state index contributed by atoms with van der Waals surface area (Å²) in [6, 6.07) is 5.94. The Morgan fingerprint density at radius 1 is 1.10 bits per heavy atom. The van der Waals surface area contributed by atoms with Gasteiger partial charge in [-0.3, -0.25) is 4.79 Å². The van der Waals surface area contributed by atoms with Crippen LogP contribution < -0.4 is 15.1 Å². The van der Waals surface area contributed by atoms with Gasteiger partial charge >= 0.3 is 0 Å². The number of carbonyl (C=O) groups is 1. The number of hydrogen-bond donors (Lipinski definition) is 1. The number of rotatable bonds is 6. The van der Waals surface area contributed by atoms with E-state index in [1.807, 2.05) is 31.3 Å². The van der Waals surface area contributed by atoms with Crippen LogP contribution in [-0.2, 0) is 6.42 Å². The van der Waals surface area contributed by atoms with Gasteiger partial charge in [-0.2, -0.15) is 0 Å². The Morgan fingerprint density at radius 3 is 2.55 bits per heavy atom. The molecule has 3 aromatic rings. The van der Waals surface area contributed by atoms with E-state index in [2.05, 4.69) is 39.7 Å². The zero-order chi connectivity index (χ0) is 20.1. The number of piperazine rings is 1. The molecular weight excluding hydrogens is 388 g/mol. The highest BCUT2D eigenvalue weighted by Gasteiger charge is 2.20. The number of hydrogen-bond acceptors (Lipinski definition) is 9. The second-order valence-corrected chi connectivity index (χ2v) is 7.44. The summed E-state index contributed by atoms with van der Waals surface area (Å²) in [6.45, 7) is 5.39. The minimum atomic E-state index is -0.219. The van der Waals surface area contributed by atoms with Crippen LogP contribution in [0.2, 0.25) is 0 Å². The molecule has 0 unspecified atom stereocenters. The molecule has 1 saturated heterocycles. The van der Waals surface area contributed by atoms with Crippen LogP contribution in [-0.4, -0.2) is 56.6 Å². The van der Waals surface area contributed by atoms with Gasteiger partial charge in [-0.25, -0.2) is 15.0 Å². The summed E-state index contributed by atoms with van der Waals surface area (Å²) >= 11 is 1.11. The van der Waals surface area contributed by atoms with Crippen molar-refractivity contribution >= 4 is 34.9 Å². The molecule has 4 rings (SSSR count). The maximum absolute atomic E-state index is 12.5. The average Bonchev–Trinajstić information content (AvgIpc) is 3.24. The predicted octanol–water partition coefficient (Wildman–Crippen LogP) is 2.25. The first kappa shape index (κ1) is 19.2. The van der Waals surface area contributed by atoms with Crippen LogP contribution in [0.4, 0.5) is 17.5 Å². The normalized spacial score (nSPS) is 14.1. The Kier molecular flexibility index (Phi) is 5.89. The number of nitrogens with zero attached hydrogens (tertiary/aromatic N) is 7. The summed E-state index contributed by atoms with van der Waals surface area (Å²) in [7, 11) is 0. The van der Waals surface area contributed by atoms with E-state index in [0.717, 1.165) is 62.1 Å². The molecule has 1 amide bonds. The Labute approximate surface area is 173 Å². The molecule has 9 nitrogen and oxygen atoms in total. The summed E-state index contributed by atoms with van der Waals surface area (Å²) in [4.78, 5) is 30.7. The molecule has 4 heterocycles. The van der Waals surface area contributed by atoms with Gasteiger partial charge in [0, 0.05) is 32.4 Å². The van der Waals surface area contributed by atoms with Crippen molar-refractivity contribution in [3.63, 3.8) is 0 Å². The van der Waals surface area contributed by atoms with E-state index >= 15 is 0 Å². The van der Waals surface area contributed by atoms with Gasteiger partial charge in [0.1, 0.15) is 10.7 Å². The lowest BCUT2D eigenvalue weighted by Crippen LogP contribution is -2.47. The Hall–Kier alpha value is -3.14. The number of pyridine rings is 1. The zero-order valence-corrected chi connectivity index (χ0v) is 17.0. The minimum Gasteiger partial charge on any atom is -0.353 e. The first-order valence-electron chi connectivity index (χ1n) is 9.60. The Balaban J connectivity index is 1.35. The van der Waals surface area contributed by atoms with Crippen LogP contribution in [0.1, 0.15) is 28.7 Å². The summed E-state index contributed by atoms with van der Waals surface area (Å²) in [5, 5.41) is 6.87. The molecule has 29 heavy (non-hydrogen) atoms. The summed E-state index contributed by atoms with van der Waals surface area (Å²) in [6.07, 6.45) is 6.74. The summed E-state index contributed by atoms with van der Waals surface area (Å²) in [5.74, 6) is 1.43. The molecule has 0 bridgehead atoms. The SMILES string of the molecule is CCCc1nnsc1C(=O)Nc1cnc(N2CCN(c3ccccn3)CC2)nc1. The molecular formula is C19H22N8OS. The fraction of sp³-hybridized carbons (Fsp3) is 0.368. The van der Waals surface area contributed by atoms with Crippen LogP contribution in [0.25, 0.3) is 0 Å². The van der Waals surface area contributed by atoms with Crippen molar-refractivity contribution in [2.75, 3.05) is 41.3 Å². The van der Waals surface area contributed by atoms with Gasteiger partial charge in [0.25, 0.3) is 5.91 Å². The highest BCUT2D eigenvalue weighted by atomic mass is 32.1. The number of carbonyl (C=O) groups excluding carboxylic acids is 1. The maximum atomic E-state index is 12.5. The molecule has 1 aliphatic heterocycles. The number of anilines is 3. The van der Waals surface area contributed by atoms with E-state index in [1.165, 1.54) is 0 Å². The second-order valence-electron chi connectivity index (χ2n) is 6.69. The zero-order valence-electron chi connectivity index (χ0n) is 16.2. The van der Waals surface area contributed by atoms with E-state index in [1.54, 1.807) is 12.4 Å².